The number of pyridine rings is 1. The molecule has 7 heterocycles. The van der Waals surface area contributed by atoms with Gasteiger partial charge in [0, 0.05) is 63.0 Å². The lowest BCUT2D eigenvalue weighted by Crippen LogP contribution is -2.50. The molecule has 0 aliphatic carbocycles. The molecule has 3 fully saturated rings. The highest BCUT2D eigenvalue weighted by Gasteiger charge is 2.55. The smallest absolute Gasteiger partial charge is 0.386 e. The van der Waals surface area contributed by atoms with E-state index in [2.05, 4.69) is 67.1 Å². The van der Waals surface area contributed by atoms with Gasteiger partial charge in [-0.3, -0.25) is 22.8 Å². The molecule has 2 unspecified atom stereocenters. The molecule has 2 bridgehead atoms. The van der Waals surface area contributed by atoms with Gasteiger partial charge in [-0.25, -0.2) is 19.5 Å². The van der Waals surface area contributed by atoms with E-state index in [1.807, 2.05) is 41.9 Å². The van der Waals surface area contributed by atoms with Crippen LogP contribution in [0.5, 0.6) is 0 Å². The van der Waals surface area contributed by atoms with Crippen LogP contribution in [0.3, 0.4) is 0 Å². The van der Waals surface area contributed by atoms with E-state index in [4.69, 9.17) is 48.3 Å². The normalized spacial score (nSPS) is 31.2. The third-order valence-electron chi connectivity index (χ3n) is 10.6. The van der Waals surface area contributed by atoms with E-state index in [1.165, 1.54) is 29.1 Å². The van der Waals surface area contributed by atoms with Gasteiger partial charge >= 0.3 is 13.5 Å². The van der Waals surface area contributed by atoms with Crippen molar-refractivity contribution in [2.75, 3.05) is 33.9 Å². The number of aliphatic imine (C=N–C) groups is 1. The van der Waals surface area contributed by atoms with Crippen molar-refractivity contribution in [2.24, 2.45) is 4.99 Å². The van der Waals surface area contributed by atoms with Crippen LogP contribution < -0.4 is 5.56 Å². The van der Waals surface area contributed by atoms with Gasteiger partial charge in [0.15, 0.2) is 14.5 Å². The zero-order valence-corrected chi connectivity index (χ0v) is 37.7. The van der Waals surface area contributed by atoms with E-state index in [0.29, 0.717) is 5.65 Å². The topological polar surface area (TPSA) is 187 Å². The summed E-state index contributed by atoms with van der Waals surface area (Å²) in [6, 6.07) is 7.16. The number of nitrogens with zero attached hydrogens (tertiary/aromatic N) is 8. The quantitative estimate of drug-likeness (QED) is 0.0489. The van der Waals surface area contributed by atoms with Crippen LogP contribution >= 0.6 is 25.8 Å². The fourth-order valence-electron chi connectivity index (χ4n) is 6.67. The number of hydrogen-bond acceptors (Lipinski definition) is 15. The lowest BCUT2D eigenvalue weighted by molar-refractivity contribution is -0.0597. The molecule has 4 aromatic rings. The Balaban J connectivity index is 1.26. The van der Waals surface area contributed by atoms with E-state index in [9.17, 15) is 14.6 Å². The Labute approximate surface area is 347 Å². The molecule has 9 atom stereocenters. The third-order valence-corrected chi connectivity index (χ3v) is 19.0. The number of hydrogen-bond donors (Lipinski definition) is 1. The minimum absolute atomic E-state index is 0.0334. The van der Waals surface area contributed by atoms with Crippen LogP contribution in [0.2, 0.25) is 18.1 Å². The maximum absolute atomic E-state index is 14.4. The van der Waals surface area contributed by atoms with Gasteiger partial charge in [0.1, 0.15) is 36.3 Å². The SMILES string of the molecule is CN(C)/C=N\c1ccnc2c1ccn2[C@H]1C[C@@H]2OP(=S)(OCCC#N)OC[C@H]3O[C@@H](n4ccc(=O)n5ccnc45)[C@H](OP(=O)(S)OC[C@H]2O1)[C@@H]3O[Si](C)(C)C(C)(C)C. The average Bonchev–Trinajstić information content (AvgIpc) is 3.95. The Morgan fingerprint density at radius 1 is 1.07 bits per heavy atom. The Morgan fingerprint density at radius 2 is 1.83 bits per heavy atom. The van der Waals surface area contributed by atoms with Crippen molar-refractivity contribution in [3.63, 3.8) is 0 Å². The summed E-state index contributed by atoms with van der Waals surface area (Å²) in [5.41, 5.74) is 1.04. The van der Waals surface area contributed by atoms with E-state index >= 15 is 0 Å². The van der Waals surface area contributed by atoms with E-state index in [1.54, 1.807) is 17.1 Å². The van der Waals surface area contributed by atoms with Crippen molar-refractivity contribution in [3.8, 4) is 6.07 Å². The predicted molar refractivity (Wildman–Crippen MR) is 224 cm³/mol. The molecule has 314 valence electrons. The number of thiol groups is 1. The Hall–Kier alpha value is -2.80. The second-order valence-corrected chi connectivity index (χ2v) is 26.5. The van der Waals surface area contributed by atoms with Gasteiger partial charge in [0.2, 0.25) is 5.78 Å². The van der Waals surface area contributed by atoms with Gasteiger partial charge in [-0.2, -0.15) is 5.26 Å². The van der Waals surface area contributed by atoms with Crippen LogP contribution in [0.4, 0.5) is 5.69 Å². The molecule has 23 heteroatoms. The lowest BCUT2D eigenvalue weighted by Gasteiger charge is -2.40. The summed E-state index contributed by atoms with van der Waals surface area (Å²) in [7, 11) is 1.16. The van der Waals surface area contributed by atoms with Crippen LogP contribution in [-0.4, -0.2) is 107 Å². The summed E-state index contributed by atoms with van der Waals surface area (Å²) >= 11 is 10.5. The summed E-state index contributed by atoms with van der Waals surface area (Å²) < 4.78 is 71.1. The molecule has 0 radical (unpaired) electrons. The number of imidazole rings is 1. The molecule has 3 aliphatic heterocycles. The number of ether oxygens (including phenoxy) is 2. The molecule has 7 rings (SSSR count). The minimum Gasteiger partial charge on any atom is -0.408 e. The second kappa shape index (κ2) is 16.9. The molecular weight excluding hydrogens is 847 g/mol. The highest BCUT2D eigenvalue weighted by Crippen LogP contribution is 2.60. The van der Waals surface area contributed by atoms with Crippen molar-refractivity contribution >= 4 is 74.7 Å². The van der Waals surface area contributed by atoms with Crippen LogP contribution in [0.1, 0.15) is 46.1 Å². The highest BCUT2D eigenvalue weighted by molar-refractivity contribution is 8.44. The van der Waals surface area contributed by atoms with Gasteiger partial charge in [0.05, 0.1) is 50.4 Å². The van der Waals surface area contributed by atoms with E-state index in [-0.39, 0.29) is 49.0 Å². The number of rotatable bonds is 9. The van der Waals surface area contributed by atoms with Crippen molar-refractivity contribution in [1.29, 1.82) is 5.26 Å². The van der Waals surface area contributed by atoms with Crippen molar-refractivity contribution in [3.05, 3.63) is 59.5 Å². The van der Waals surface area contributed by atoms with Crippen LogP contribution in [0.25, 0.3) is 16.8 Å². The molecule has 0 saturated carbocycles. The van der Waals surface area contributed by atoms with Crippen LogP contribution in [-0.2, 0) is 52.9 Å². The molecule has 0 N–H and O–H groups in total. The number of aromatic nitrogens is 5. The van der Waals surface area contributed by atoms with Gasteiger partial charge < -0.3 is 36.9 Å². The highest BCUT2D eigenvalue weighted by atomic mass is 32.7. The Morgan fingerprint density at radius 3 is 2.57 bits per heavy atom. The average molecular weight is 895 g/mol. The molecule has 0 amide bonds. The van der Waals surface area contributed by atoms with Crippen molar-refractivity contribution < 1.29 is 41.1 Å². The molecular formula is C35H48N8O10P2S2Si. The summed E-state index contributed by atoms with van der Waals surface area (Å²) in [6.45, 7) is 1.93. The van der Waals surface area contributed by atoms with Crippen molar-refractivity contribution in [1.82, 2.24) is 28.4 Å². The zero-order valence-electron chi connectivity index (χ0n) is 33.2. The van der Waals surface area contributed by atoms with Crippen molar-refractivity contribution in [2.45, 2.75) is 94.7 Å². The monoisotopic (exact) mass is 894 g/mol. The number of nitriles is 1. The van der Waals surface area contributed by atoms with Gasteiger partial charge in [-0.1, -0.05) is 33.0 Å². The van der Waals surface area contributed by atoms with Crippen LogP contribution in [0.15, 0.2) is 59.0 Å². The molecule has 0 spiro atoms. The molecule has 58 heavy (non-hydrogen) atoms. The summed E-state index contributed by atoms with van der Waals surface area (Å²) in [4.78, 5) is 28.2. The first-order chi connectivity index (χ1) is 27.4. The standard InChI is InChI=1S/C35H48N8O10P2S2Si/c1-35(2,3)58(6,7)53-30-27-21-48-55(57,46-18-8-12-36)51-25-19-29(42-15-10-23-24(39-22-40(4)5)9-13-37-32(23)42)49-26(25)20-47-54(45,56)52-31(30)33(50-27)43-16-11-28(44)41-17-14-38-34(41)43/h9-11,13-17,22,25-27,29-31,33H,8,18-21H2,1-7H3,(H,45,56)/b39-22-/t25-,26+,27+,29+,30+,31+,33+,54?,55?/m0/s1. The molecule has 18 nitrogen and oxygen atoms in total. The predicted octanol–water partition coefficient (Wildman–Crippen LogP) is 6.35. The van der Waals surface area contributed by atoms with E-state index < -0.39 is 64.8 Å². The molecule has 3 saturated heterocycles. The summed E-state index contributed by atoms with van der Waals surface area (Å²) in [5.74, 6) is 0.250. The fraction of sp³-hybridized carbons (Fsp3) is 0.571. The molecule has 3 aliphatic rings. The third kappa shape index (κ3) is 9.10. The maximum atomic E-state index is 14.4. The maximum Gasteiger partial charge on any atom is 0.386 e. The minimum atomic E-state index is -4.25. The van der Waals surface area contributed by atoms with Gasteiger partial charge in [0.25, 0.3) is 5.56 Å². The van der Waals surface area contributed by atoms with Gasteiger partial charge in [-0.05, 0) is 42.1 Å². The fourth-order valence-corrected chi connectivity index (χ4v) is 11.6. The summed E-state index contributed by atoms with van der Waals surface area (Å²) in [5, 5.41) is 9.92. The Kier molecular flexibility index (Phi) is 12.6. The second-order valence-electron chi connectivity index (χ2n) is 15.9. The largest absolute Gasteiger partial charge is 0.408 e. The lowest BCUT2D eigenvalue weighted by atomic mass is 10.1. The number of fused-ring (bicyclic) bond motifs is 5. The first kappa shape index (κ1) is 43.3. The Bertz CT molecular complexity index is 2360. The van der Waals surface area contributed by atoms with Gasteiger partial charge in [-0.15, -0.1) is 0 Å². The zero-order chi connectivity index (χ0) is 41.6. The van der Waals surface area contributed by atoms with E-state index in [0.717, 1.165) is 11.1 Å². The molecule has 0 aromatic carbocycles. The van der Waals surface area contributed by atoms with Crippen LogP contribution in [0, 0.1) is 11.3 Å². The first-order valence-electron chi connectivity index (χ1n) is 18.7. The summed E-state index contributed by atoms with van der Waals surface area (Å²) in [6.07, 6.45) is 3.79. The first-order valence-corrected chi connectivity index (χ1v) is 26.8. The molecule has 4 aromatic heterocycles.